The van der Waals surface area contributed by atoms with Crippen molar-refractivity contribution in [3.63, 3.8) is 0 Å². The van der Waals surface area contributed by atoms with Crippen LogP contribution in [-0.2, 0) is 9.59 Å². The van der Waals surface area contributed by atoms with Gasteiger partial charge in [-0.2, -0.15) is 0 Å². The first-order chi connectivity index (χ1) is 15.8. The van der Waals surface area contributed by atoms with Crippen LogP contribution in [0.5, 0.6) is 0 Å². The molecule has 3 amide bonds. The monoisotopic (exact) mass is 522 g/mol. The second-order valence-corrected chi connectivity index (χ2v) is 9.57. The van der Waals surface area contributed by atoms with Crippen LogP contribution in [0, 0.1) is 5.82 Å². The van der Waals surface area contributed by atoms with Crippen molar-refractivity contribution in [2.24, 2.45) is 0 Å². The van der Waals surface area contributed by atoms with E-state index in [0.717, 1.165) is 15.9 Å². The van der Waals surface area contributed by atoms with Crippen molar-refractivity contribution < 1.29 is 23.2 Å². The zero-order valence-corrected chi connectivity index (χ0v) is 19.7. The van der Waals surface area contributed by atoms with E-state index in [9.17, 15) is 18.8 Å². The molecule has 1 N–H and O–H groups in total. The number of nitrogens with one attached hydrogen (secondary N) is 1. The van der Waals surface area contributed by atoms with E-state index >= 15 is 0 Å². The number of carbonyl (C=O) groups is 3. The Morgan fingerprint density at radius 3 is 2.61 bits per heavy atom. The molecule has 4 rings (SSSR count). The largest absolute Gasteiger partial charge is 0.450 e. The molecule has 6 nitrogen and oxygen atoms in total. The van der Waals surface area contributed by atoms with E-state index in [0.29, 0.717) is 27.6 Å². The van der Waals surface area contributed by atoms with Gasteiger partial charge in [-0.15, -0.1) is 0 Å². The van der Waals surface area contributed by atoms with Gasteiger partial charge in [0.15, 0.2) is 5.09 Å². The normalized spacial score (nSPS) is 14.9. The van der Waals surface area contributed by atoms with Gasteiger partial charge in [-0.25, -0.2) is 4.39 Å². The van der Waals surface area contributed by atoms with Gasteiger partial charge < -0.3 is 9.73 Å². The second kappa shape index (κ2) is 10.0. The molecule has 0 unspecified atom stereocenters. The number of anilines is 1. The molecule has 168 valence electrons. The Morgan fingerprint density at radius 1 is 1.12 bits per heavy atom. The van der Waals surface area contributed by atoms with Gasteiger partial charge in [0.25, 0.3) is 11.1 Å². The molecule has 3 aromatic rings. The molecule has 0 bridgehead atoms. The maximum absolute atomic E-state index is 13.2. The average Bonchev–Trinajstić information content (AvgIpc) is 3.32. The Kier molecular flexibility index (Phi) is 7.14. The lowest BCUT2D eigenvalue weighted by molar-refractivity contribution is -0.127. The Hall–Kier alpha value is -2.72. The van der Waals surface area contributed by atoms with Gasteiger partial charge in [-0.1, -0.05) is 35.0 Å². The lowest BCUT2D eigenvalue weighted by Crippen LogP contribution is -2.36. The number of thioether (sulfide) groups is 1. The van der Waals surface area contributed by atoms with Gasteiger partial charge in [0, 0.05) is 21.7 Å². The van der Waals surface area contributed by atoms with Crippen molar-refractivity contribution in [3.05, 3.63) is 81.1 Å². The number of hydrogen-bond acceptors (Lipinski definition) is 6. The third-order valence-electron chi connectivity index (χ3n) is 4.29. The quantitative estimate of drug-likeness (QED) is 0.369. The molecule has 2 heterocycles. The van der Waals surface area contributed by atoms with Crippen LogP contribution >= 0.6 is 46.7 Å². The molecule has 0 spiro atoms. The van der Waals surface area contributed by atoms with Crippen LogP contribution in [-0.4, -0.2) is 28.5 Å². The SMILES string of the molecule is O=C(CN1C(=O)S/C(=C\c2ccc(Sc3ccc(Cl)cc3)o2)C1=O)Nc1ccc(F)c(Cl)c1. The van der Waals surface area contributed by atoms with Gasteiger partial charge in [0.2, 0.25) is 5.91 Å². The summed E-state index contributed by atoms with van der Waals surface area (Å²) < 4.78 is 19.0. The maximum atomic E-state index is 13.2. The molecular weight excluding hydrogens is 510 g/mol. The Bertz CT molecular complexity index is 1280. The van der Waals surface area contributed by atoms with E-state index in [1.165, 1.54) is 30.0 Å². The average molecular weight is 523 g/mol. The molecule has 1 aliphatic heterocycles. The van der Waals surface area contributed by atoms with Crippen molar-refractivity contribution in [2.75, 3.05) is 11.9 Å². The fourth-order valence-electron chi connectivity index (χ4n) is 2.77. The summed E-state index contributed by atoms with van der Waals surface area (Å²) in [7, 11) is 0. The standard InChI is InChI=1S/C22H13Cl2FN2O4S2/c23-12-1-5-15(6-2-12)32-20-8-4-14(31-20)10-18-21(29)27(22(30)33-18)11-19(28)26-13-3-7-17(25)16(24)9-13/h1-10H,11H2,(H,26,28)/b18-10-. The third-order valence-corrected chi connectivity index (χ3v) is 6.66. The predicted octanol–water partition coefficient (Wildman–Crippen LogP) is 6.55. The van der Waals surface area contributed by atoms with Crippen LogP contribution in [0.25, 0.3) is 6.08 Å². The minimum Gasteiger partial charge on any atom is -0.450 e. The minimum absolute atomic E-state index is 0.134. The number of nitrogens with zero attached hydrogens (tertiary/aromatic N) is 1. The van der Waals surface area contributed by atoms with Crippen LogP contribution in [0.3, 0.4) is 0 Å². The first-order valence-corrected chi connectivity index (χ1v) is 11.7. The van der Waals surface area contributed by atoms with Crippen LogP contribution in [0.2, 0.25) is 10.0 Å². The number of halogens is 3. The highest BCUT2D eigenvalue weighted by Crippen LogP contribution is 2.34. The summed E-state index contributed by atoms with van der Waals surface area (Å²) in [6.07, 6.45) is 1.45. The van der Waals surface area contributed by atoms with Gasteiger partial charge in [-0.05, 0) is 66.4 Å². The highest BCUT2D eigenvalue weighted by Gasteiger charge is 2.36. The molecule has 1 fully saturated rings. The number of imide groups is 1. The van der Waals surface area contributed by atoms with E-state index in [-0.39, 0.29) is 15.6 Å². The molecule has 1 aliphatic rings. The number of furan rings is 1. The topological polar surface area (TPSA) is 79.6 Å². The number of hydrogen-bond donors (Lipinski definition) is 1. The van der Waals surface area contributed by atoms with Gasteiger partial charge in [0.1, 0.15) is 18.1 Å². The van der Waals surface area contributed by atoms with E-state index in [2.05, 4.69) is 5.32 Å². The fraction of sp³-hybridized carbons (Fsp3) is 0.0455. The van der Waals surface area contributed by atoms with E-state index in [4.69, 9.17) is 27.6 Å². The fourth-order valence-corrected chi connectivity index (χ4v) is 4.67. The zero-order chi connectivity index (χ0) is 23.5. The summed E-state index contributed by atoms with van der Waals surface area (Å²) in [5, 5.41) is 2.96. The van der Waals surface area contributed by atoms with Crippen molar-refractivity contribution in [2.45, 2.75) is 9.99 Å². The van der Waals surface area contributed by atoms with E-state index in [1.807, 2.05) is 12.1 Å². The Morgan fingerprint density at radius 2 is 1.88 bits per heavy atom. The second-order valence-electron chi connectivity index (χ2n) is 6.66. The lowest BCUT2D eigenvalue weighted by atomic mass is 10.3. The first-order valence-electron chi connectivity index (χ1n) is 9.32. The number of carbonyl (C=O) groups excluding carboxylic acids is 3. The predicted molar refractivity (Wildman–Crippen MR) is 127 cm³/mol. The molecule has 0 radical (unpaired) electrons. The maximum Gasteiger partial charge on any atom is 0.294 e. The number of amides is 3. The molecule has 33 heavy (non-hydrogen) atoms. The lowest BCUT2D eigenvalue weighted by Gasteiger charge is -2.12. The van der Waals surface area contributed by atoms with E-state index in [1.54, 1.807) is 24.3 Å². The summed E-state index contributed by atoms with van der Waals surface area (Å²) in [4.78, 5) is 39.1. The summed E-state index contributed by atoms with van der Waals surface area (Å²) >= 11 is 13.7. The molecule has 1 saturated heterocycles. The highest BCUT2D eigenvalue weighted by atomic mass is 35.5. The Balaban J connectivity index is 1.40. The Labute approximate surface area is 206 Å². The molecule has 2 aromatic carbocycles. The molecule has 0 atom stereocenters. The molecule has 11 heteroatoms. The highest BCUT2D eigenvalue weighted by molar-refractivity contribution is 8.18. The van der Waals surface area contributed by atoms with Crippen LogP contribution < -0.4 is 5.32 Å². The number of benzene rings is 2. The van der Waals surface area contributed by atoms with Gasteiger partial charge in [0.05, 0.1) is 9.93 Å². The first kappa shape index (κ1) is 23.4. The van der Waals surface area contributed by atoms with Crippen molar-refractivity contribution >= 4 is 75.5 Å². The minimum atomic E-state index is -0.626. The van der Waals surface area contributed by atoms with E-state index < -0.39 is 29.4 Å². The summed E-state index contributed by atoms with van der Waals surface area (Å²) in [6.45, 7) is -0.493. The third kappa shape index (κ3) is 5.80. The molecular formula is C22H13Cl2FN2O4S2. The zero-order valence-electron chi connectivity index (χ0n) is 16.5. The molecule has 0 aliphatic carbocycles. The summed E-state index contributed by atoms with van der Waals surface area (Å²) in [6, 6.07) is 14.3. The van der Waals surface area contributed by atoms with Gasteiger partial charge in [-0.3, -0.25) is 19.3 Å². The van der Waals surface area contributed by atoms with Crippen LogP contribution in [0.15, 0.2) is 73.9 Å². The van der Waals surface area contributed by atoms with Crippen molar-refractivity contribution in [3.8, 4) is 0 Å². The van der Waals surface area contributed by atoms with Crippen LogP contribution in [0.4, 0.5) is 14.9 Å². The van der Waals surface area contributed by atoms with Crippen molar-refractivity contribution in [1.82, 2.24) is 4.90 Å². The smallest absolute Gasteiger partial charge is 0.294 e. The number of rotatable bonds is 6. The van der Waals surface area contributed by atoms with Crippen LogP contribution in [0.1, 0.15) is 5.76 Å². The molecule has 0 saturated carbocycles. The van der Waals surface area contributed by atoms with Crippen molar-refractivity contribution in [1.29, 1.82) is 0 Å². The summed E-state index contributed by atoms with van der Waals surface area (Å²) in [5.74, 6) is -1.47. The molecule has 1 aromatic heterocycles. The summed E-state index contributed by atoms with van der Waals surface area (Å²) in [5.41, 5.74) is 0.246. The van der Waals surface area contributed by atoms with Gasteiger partial charge >= 0.3 is 0 Å².